The lowest BCUT2D eigenvalue weighted by Crippen LogP contribution is -2.39. The van der Waals surface area contributed by atoms with Gasteiger partial charge in [0, 0.05) is 12.0 Å². The monoisotopic (exact) mass is 534 g/mol. The van der Waals surface area contributed by atoms with E-state index in [-0.39, 0.29) is 44.2 Å². The molecule has 0 radical (unpaired) electrons. The van der Waals surface area contributed by atoms with Crippen molar-refractivity contribution < 1.29 is 23.9 Å². The number of esters is 1. The number of carbonyl (C=O) groups is 3. The molecule has 13 heteroatoms. The number of amides is 2. The van der Waals surface area contributed by atoms with E-state index < -0.39 is 18.0 Å². The molecular formula is C26H30N8O5. The second-order valence-electron chi connectivity index (χ2n) is 9.50. The average Bonchev–Trinajstić information content (AvgIpc) is 3.45. The van der Waals surface area contributed by atoms with Crippen LogP contribution in [0.1, 0.15) is 30.9 Å². The summed E-state index contributed by atoms with van der Waals surface area (Å²) >= 11 is 0. The Morgan fingerprint density at radius 3 is 2.64 bits per heavy atom. The third-order valence-electron chi connectivity index (χ3n) is 6.36. The van der Waals surface area contributed by atoms with Crippen molar-refractivity contribution in [3.63, 3.8) is 0 Å². The number of aromatic nitrogens is 4. The van der Waals surface area contributed by atoms with Crippen LogP contribution < -0.4 is 21.7 Å². The van der Waals surface area contributed by atoms with Gasteiger partial charge in [-0.2, -0.15) is 9.97 Å². The molecule has 2 amide bonds. The molecule has 2 aromatic heterocycles. The van der Waals surface area contributed by atoms with Crippen molar-refractivity contribution in [2.24, 2.45) is 5.92 Å². The van der Waals surface area contributed by atoms with E-state index in [1.165, 1.54) is 0 Å². The summed E-state index contributed by atoms with van der Waals surface area (Å²) in [6.45, 7) is -0.365. The largest absolute Gasteiger partial charge is 0.464 e. The number of nitrogen functional groups attached to an aromatic ring is 1. The van der Waals surface area contributed by atoms with Crippen LogP contribution >= 0.6 is 0 Å². The third-order valence-corrected chi connectivity index (χ3v) is 6.36. The van der Waals surface area contributed by atoms with Crippen molar-refractivity contribution in [1.29, 1.82) is 0 Å². The molecule has 1 fully saturated rings. The molecular weight excluding hydrogens is 504 g/mol. The number of hydrogen-bond donors (Lipinski definition) is 4. The maximum absolute atomic E-state index is 12.1. The van der Waals surface area contributed by atoms with Gasteiger partial charge in [0.1, 0.15) is 19.7 Å². The van der Waals surface area contributed by atoms with Crippen LogP contribution in [0.25, 0.3) is 11.2 Å². The van der Waals surface area contributed by atoms with E-state index in [9.17, 15) is 14.4 Å². The van der Waals surface area contributed by atoms with Crippen LogP contribution in [0.2, 0.25) is 0 Å². The number of nitrogens with one attached hydrogen (secondary N) is 3. The number of imidazole rings is 1. The molecule has 0 unspecified atom stereocenters. The van der Waals surface area contributed by atoms with E-state index in [1.54, 1.807) is 6.33 Å². The Balaban J connectivity index is 1.01. The highest BCUT2D eigenvalue weighted by atomic mass is 16.5. The fourth-order valence-electron chi connectivity index (χ4n) is 4.19. The molecule has 5 rings (SSSR count). The van der Waals surface area contributed by atoms with Crippen LogP contribution in [0.4, 0.5) is 16.6 Å². The van der Waals surface area contributed by atoms with E-state index in [1.807, 2.05) is 47.1 Å². The Morgan fingerprint density at radius 2 is 1.85 bits per heavy atom. The highest BCUT2D eigenvalue weighted by Crippen LogP contribution is 2.33. The van der Waals surface area contributed by atoms with Gasteiger partial charge in [0.15, 0.2) is 17.0 Å². The van der Waals surface area contributed by atoms with E-state index in [0.717, 1.165) is 18.4 Å². The number of rotatable bonds is 11. The van der Waals surface area contributed by atoms with Gasteiger partial charge in [0.25, 0.3) is 0 Å². The van der Waals surface area contributed by atoms with Crippen LogP contribution in [0.3, 0.4) is 0 Å². The quantitative estimate of drug-likeness (QED) is 0.209. The molecule has 0 bridgehead atoms. The molecule has 3 aromatic rings. The smallest absolute Gasteiger partial charge is 0.407 e. The van der Waals surface area contributed by atoms with Gasteiger partial charge in [-0.25, -0.2) is 9.78 Å². The molecule has 0 saturated heterocycles. The Bertz CT molecular complexity index is 1370. The first-order valence-electron chi connectivity index (χ1n) is 12.8. The molecule has 2 aliphatic carbocycles. The summed E-state index contributed by atoms with van der Waals surface area (Å²) in [5.74, 6) is -0.283. The summed E-state index contributed by atoms with van der Waals surface area (Å²) in [4.78, 5) is 49.0. The van der Waals surface area contributed by atoms with Gasteiger partial charge >= 0.3 is 12.1 Å². The number of carbonyl (C=O) groups excluding carboxylic acids is 3. The maximum Gasteiger partial charge on any atom is 0.407 e. The summed E-state index contributed by atoms with van der Waals surface area (Å²) in [5, 5.41) is 8.11. The predicted octanol–water partition coefficient (Wildman–Crippen LogP) is 1.69. The van der Waals surface area contributed by atoms with Crippen molar-refractivity contribution >= 4 is 40.9 Å². The normalized spacial score (nSPS) is 18.1. The molecule has 13 nitrogen and oxygen atoms in total. The maximum atomic E-state index is 12.1. The van der Waals surface area contributed by atoms with Gasteiger partial charge in [-0.3, -0.25) is 9.59 Å². The molecule has 1 saturated carbocycles. The fraction of sp³-hybridized carbons (Fsp3) is 0.385. The second-order valence-corrected chi connectivity index (χ2v) is 9.50. The Hall–Kier alpha value is -4.68. The zero-order valence-electron chi connectivity index (χ0n) is 21.2. The summed E-state index contributed by atoms with van der Waals surface area (Å²) in [7, 11) is 0. The van der Waals surface area contributed by atoms with E-state index in [2.05, 4.69) is 30.9 Å². The summed E-state index contributed by atoms with van der Waals surface area (Å²) in [5.41, 5.74) is 8.09. The average molecular weight is 535 g/mol. The van der Waals surface area contributed by atoms with Gasteiger partial charge < -0.3 is 35.7 Å². The van der Waals surface area contributed by atoms with Gasteiger partial charge in [-0.15, -0.1) is 0 Å². The van der Waals surface area contributed by atoms with E-state index in [4.69, 9.17) is 15.2 Å². The first-order valence-corrected chi connectivity index (χ1v) is 12.8. The molecule has 2 aliphatic rings. The minimum absolute atomic E-state index is 0.00334. The lowest BCUT2D eigenvalue weighted by atomic mass is 10.1. The van der Waals surface area contributed by atoms with Gasteiger partial charge in [0.05, 0.1) is 19.0 Å². The van der Waals surface area contributed by atoms with E-state index >= 15 is 0 Å². The SMILES string of the molecule is Nc1nc(NC2CC2)c2ncn([C@H]3C=C[C@@H](COC(=O)CNC(=O)CNC(=O)OCc4ccccc4)C3)c2n1. The molecule has 5 N–H and O–H groups in total. The Morgan fingerprint density at radius 1 is 1.03 bits per heavy atom. The summed E-state index contributed by atoms with van der Waals surface area (Å²) in [6, 6.07) is 9.55. The highest BCUT2D eigenvalue weighted by molar-refractivity contribution is 5.86. The number of nitrogens with zero attached hydrogens (tertiary/aromatic N) is 4. The molecule has 0 aliphatic heterocycles. The second kappa shape index (κ2) is 11.8. The first kappa shape index (κ1) is 25.9. The van der Waals surface area contributed by atoms with Crippen LogP contribution in [0.15, 0.2) is 48.8 Å². The number of hydrogen-bond acceptors (Lipinski definition) is 10. The zero-order chi connectivity index (χ0) is 27.2. The molecule has 204 valence electrons. The Labute approximate surface area is 224 Å². The van der Waals surface area contributed by atoms with E-state index in [0.29, 0.717) is 29.4 Å². The Kier molecular flexibility index (Phi) is 7.85. The minimum Gasteiger partial charge on any atom is -0.464 e. The summed E-state index contributed by atoms with van der Waals surface area (Å²) < 4.78 is 12.3. The van der Waals surface area contributed by atoms with Gasteiger partial charge in [0.2, 0.25) is 11.9 Å². The number of allylic oxidation sites excluding steroid dienone is 1. The molecule has 2 heterocycles. The predicted molar refractivity (Wildman–Crippen MR) is 141 cm³/mol. The number of ether oxygens (including phenoxy) is 2. The topological polar surface area (TPSA) is 175 Å². The van der Waals surface area contributed by atoms with Gasteiger partial charge in [-0.05, 0) is 24.8 Å². The number of nitrogens with two attached hydrogens (primary N) is 1. The number of fused-ring (bicyclic) bond motifs is 1. The molecule has 2 atom stereocenters. The zero-order valence-corrected chi connectivity index (χ0v) is 21.2. The standard InChI is InChI=1S/C26H30N8O5/c27-25-32-23(31-18-7-8-18)22-24(33-25)34(15-30-22)19-9-6-17(10-19)14-38-21(36)12-28-20(35)11-29-26(37)39-13-16-4-2-1-3-5-16/h1-6,9,15,17-19H,7-8,10-14H2,(H,28,35)(H,29,37)(H3,27,31,32,33)/t17-,19+/m1/s1. The third kappa shape index (κ3) is 7.00. The van der Waals surface area contributed by atoms with Crippen LogP contribution in [0.5, 0.6) is 0 Å². The van der Waals surface area contributed by atoms with Crippen molar-refractivity contribution in [2.45, 2.75) is 38.0 Å². The van der Waals surface area contributed by atoms with Crippen molar-refractivity contribution in [3.05, 3.63) is 54.4 Å². The number of benzene rings is 1. The molecule has 39 heavy (non-hydrogen) atoms. The highest BCUT2D eigenvalue weighted by Gasteiger charge is 2.27. The van der Waals surface area contributed by atoms with Crippen LogP contribution in [0, 0.1) is 5.92 Å². The lowest BCUT2D eigenvalue weighted by Gasteiger charge is -2.15. The van der Waals surface area contributed by atoms with Crippen molar-refractivity contribution in [2.75, 3.05) is 30.7 Å². The van der Waals surface area contributed by atoms with Gasteiger partial charge in [-0.1, -0.05) is 42.5 Å². The van der Waals surface area contributed by atoms with Crippen molar-refractivity contribution in [3.8, 4) is 0 Å². The molecule has 0 spiro atoms. The molecule has 1 aromatic carbocycles. The van der Waals surface area contributed by atoms with Crippen molar-refractivity contribution in [1.82, 2.24) is 30.2 Å². The van der Waals surface area contributed by atoms with Crippen LogP contribution in [-0.2, 0) is 25.7 Å². The first-order chi connectivity index (χ1) is 18.9. The number of alkyl carbamates (subject to hydrolysis) is 1. The lowest BCUT2D eigenvalue weighted by molar-refractivity contribution is -0.144. The number of anilines is 2. The summed E-state index contributed by atoms with van der Waals surface area (Å²) in [6.07, 6.45) is 7.90. The fourth-order valence-corrected chi connectivity index (χ4v) is 4.19. The minimum atomic E-state index is -0.727. The van der Waals surface area contributed by atoms with Crippen LogP contribution in [-0.4, -0.2) is 63.2 Å².